The molecule has 0 aliphatic carbocycles. The van der Waals surface area contributed by atoms with E-state index in [0.29, 0.717) is 27.9 Å². The molecule has 0 aliphatic heterocycles. The second kappa shape index (κ2) is 4.34. The van der Waals surface area contributed by atoms with Gasteiger partial charge in [-0.1, -0.05) is 23.4 Å². The first kappa shape index (κ1) is 10.7. The highest BCUT2D eigenvalue weighted by molar-refractivity contribution is 7.98. The number of fused-ring (bicyclic) bond motifs is 1. The van der Waals surface area contributed by atoms with Gasteiger partial charge in [0, 0.05) is 0 Å². The Bertz CT molecular complexity index is 487. The first-order valence-corrected chi connectivity index (χ1v) is 5.90. The van der Waals surface area contributed by atoms with Gasteiger partial charge in [0.25, 0.3) is 0 Å². The molecule has 0 fully saturated rings. The van der Waals surface area contributed by atoms with Gasteiger partial charge in [-0.15, -0.1) is 0 Å². The molecule has 0 spiro atoms. The number of nitrogens with zero attached hydrogens (tertiary/aromatic N) is 4. The van der Waals surface area contributed by atoms with Gasteiger partial charge in [0.1, 0.15) is 5.15 Å². The summed E-state index contributed by atoms with van der Waals surface area (Å²) in [5.41, 5.74) is 0.661. The standard InChI is InChI=1S/C8H9ClN4OS/c1-15-8-11-6(9)5-4-10-13(2-3-14)7(5)12-8/h4,14H,2-3H2,1H3. The molecule has 0 saturated carbocycles. The Balaban J connectivity index is 2.61. The van der Waals surface area contributed by atoms with Crippen LogP contribution in [0.5, 0.6) is 0 Å². The number of hydrogen-bond donors (Lipinski definition) is 1. The number of aliphatic hydroxyl groups is 1. The largest absolute Gasteiger partial charge is 0.394 e. The molecule has 7 heteroatoms. The third kappa shape index (κ3) is 1.92. The molecule has 2 rings (SSSR count). The van der Waals surface area contributed by atoms with E-state index in [1.807, 2.05) is 6.26 Å². The van der Waals surface area contributed by atoms with Gasteiger partial charge >= 0.3 is 0 Å². The van der Waals surface area contributed by atoms with Crippen LogP contribution >= 0.6 is 23.4 Å². The van der Waals surface area contributed by atoms with E-state index < -0.39 is 0 Å². The Kier molecular flexibility index (Phi) is 3.08. The van der Waals surface area contributed by atoms with Crippen LogP contribution in [-0.2, 0) is 6.54 Å². The summed E-state index contributed by atoms with van der Waals surface area (Å²) in [7, 11) is 0. The molecule has 0 aliphatic rings. The molecule has 0 unspecified atom stereocenters. The van der Waals surface area contributed by atoms with Crippen molar-refractivity contribution in [1.29, 1.82) is 0 Å². The summed E-state index contributed by atoms with van der Waals surface area (Å²) in [4.78, 5) is 8.38. The van der Waals surface area contributed by atoms with Crippen LogP contribution in [0.25, 0.3) is 11.0 Å². The maximum absolute atomic E-state index is 8.85. The lowest BCUT2D eigenvalue weighted by Crippen LogP contribution is -2.05. The van der Waals surface area contributed by atoms with E-state index in [2.05, 4.69) is 15.1 Å². The second-order valence-electron chi connectivity index (χ2n) is 2.83. The number of halogens is 1. The van der Waals surface area contributed by atoms with Gasteiger partial charge in [0.2, 0.25) is 0 Å². The Morgan fingerprint density at radius 2 is 2.33 bits per heavy atom. The number of aromatic nitrogens is 4. The van der Waals surface area contributed by atoms with Gasteiger partial charge in [0.15, 0.2) is 10.8 Å². The summed E-state index contributed by atoms with van der Waals surface area (Å²) in [6, 6.07) is 0. The summed E-state index contributed by atoms with van der Waals surface area (Å²) in [6.45, 7) is 0.428. The third-order valence-electron chi connectivity index (χ3n) is 1.92. The highest BCUT2D eigenvalue weighted by Crippen LogP contribution is 2.22. The van der Waals surface area contributed by atoms with Crippen molar-refractivity contribution in [3.63, 3.8) is 0 Å². The number of thioether (sulfide) groups is 1. The smallest absolute Gasteiger partial charge is 0.190 e. The SMILES string of the molecule is CSc1nc(Cl)c2cnn(CCO)c2n1. The fourth-order valence-corrected chi connectivity index (χ4v) is 1.88. The number of aliphatic hydroxyl groups excluding tert-OH is 1. The quantitative estimate of drug-likeness (QED) is 0.499. The van der Waals surface area contributed by atoms with Crippen molar-refractivity contribution >= 4 is 34.4 Å². The summed E-state index contributed by atoms with van der Waals surface area (Å²) >= 11 is 7.39. The monoisotopic (exact) mass is 244 g/mol. The van der Waals surface area contributed by atoms with Crippen LogP contribution in [0, 0.1) is 0 Å². The first-order chi connectivity index (χ1) is 7.26. The Morgan fingerprint density at radius 3 is 3.00 bits per heavy atom. The highest BCUT2D eigenvalue weighted by atomic mass is 35.5. The molecule has 0 bridgehead atoms. The van der Waals surface area contributed by atoms with E-state index >= 15 is 0 Å². The fourth-order valence-electron chi connectivity index (χ4n) is 1.25. The van der Waals surface area contributed by atoms with Gasteiger partial charge in [-0.3, -0.25) is 0 Å². The zero-order valence-corrected chi connectivity index (χ0v) is 9.59. The molecule has 5 nitrogen and oxygen atoms in total. The van der Waals surface area contributed by atoms with Gasteiger partial charge in [-0.2, -0.15) is 5.10 Å². The molecule has 1 N–H and O–H groups in total. The highest BCUT2D eigenvalue weighted by Gasteiger charge is 2.10. The Morgan fingerprint density at radius 1 is 1.53 bits per heavy atom. The lowest BCUT2D eigenvalue weighted by atomic mass is 10.4. The predicted molar refractivity (Wildman–Crippen MR) is 59.2 cm³/mol. The van der Waals surface area contributed by atoms with Crippen LogP contribution in [0.1, 0.15) is 0 Å². The lowest BCUT2D eigenvalue weighted by molar-refractivity contribution is 0.271. The summed E-state index contributed by atoms with van der Waals surface area (Å²) in [6.07, 6.45) is 3.49. The molecule has 80 valence electrons. The molecule has 0 radical (unpaired) electrons. The van der Waals surface area contributed by atoms with Crippen LogP contribution in [0.3, 0.4) is 0 Å². The number of rotatable bonds is 3. The van der Waals surface area contributed by atoms with Crippen LogP contribution in [0.15, 0.2) is 11.4 Å². The molecule has 2 heterocycles. The lowest BCUT2D eigenvalue weighted by Gasteiger charge is -2.01. The first-order valence-electron chi connectivity index (χ1n) is 4.30. The molecule has 0 aromatic carbocycles. The minimum Gasteiger partial charge on any atom is -0.394 e. The van der Waals surface area contributed by atoms with Crippen molar-refractivity contribution in [1.82, 2.24) is 19.7 Å². The zero-order chi connectivity index (χ0) is 10.8. The molecule has 2 aromatic heterocycles. The van der Waals surface area contributed by atoms with Crippen molar-refractivity contribution < 1.29 is 5.11 Å². The Hall–Kier alpha value is -0.850. The van der Waals surface area contributed by atoms with E-state index in [4.69, 9.17) is 16.7 Å². The van der Waals surface area contributed by atoms with E-state index in [-0.39, 0.29) is 6.61 Å². The second-order valence-corrected chi connectivity index (χ2v) is 3.96. The fraction of sp³-hybridized carbons (Fsp3) is 0.375. The number of hydrogen-bond acceptors (Lipinski definition) is 5. The molecule has 2 aromatic rings. The summed E-state index contributed by atoms with van der Waals surface area (Å²) < 4.78 is 1.61. The van der Waals surface area contributed by atoms with Gasteiger partial charge in [-0.05, 0) is 6.26 Å². The van der Waals surface area contributed by atoms with Crippen molar-refractivity contribution in [3.8, 4) is 0 Å². The normalized spacial score (nSPS) is 11.1. The third-order valence-corrected chi connectivity index (χ3v) is 2.76. The van der Waals surface area contributed by atoms with Crippen LogP contribution in [0.4, 0.5) is 0 Å². The molecule has 0 atom stereocenters. The van der Waals surface area contributed by atoms with Crippen LogP contribution in [-0.4, -0.2) is 37.7 Å². The maximum Gasteiger partial charge on any atom is 0.190 e. The minimum absolute atomic E-state index is 0.0208. The molecular formula is C8H9ClN4OS. The molecule has 0 saturated heterocycles. The van der Waals surface area contributed by atoms with Gasteiger partial charge < -0.3 is 5.11 Å². The van der Waals surface area contributed by atoms with E-state index in [9.17, 15) is 0 Å². The van der Waals surface area contributed by atoms with Gasteiger partial charge in [-0.25, -0.2) is 14.6 Å². The molecule has 15 heavy (non-hydrogen) atoms. The molecule has 0 amide bonds. The van der Waals surface area contributed by atoms with Crippen LogP contribution < -0.4 is 0 Å². The topological polar surface area (TPSA) is 63.8 Å². The van der Waals surface area contributed by atoms with Crippen molar-refractivity contribution in [2.45, 2.75) is 11.7 Å². The average Bonchev–Trinajstić information content (AvgIpc) is 2.63. The van der Waals surface area contributed by atoms with Crippen LogP contribution in [0.2, 0.25) is 5.15 Å². The van der Waals surface area contributed by atoms with E-state index in [1.165, 1.54) is 11.8 Å². The average molecular weight is 245 g/mol. The minimum atomic E-state index is 0.0208. The molecular weight excluding hydrogens is 236 g/mol. The van der Waals surface area contributed by atoms with Crippen molar-refractivity contribution in [3.05, 3.63) is 11.3 Å². The van der Waals surface area contributed by atoms with E-state index in [0.717, 1.165) is 0 Å². The van der Waals surface area contributed by atoms with Crippen molar-refractivity contribution in [2.75, 3.05) is 12.9 Å². The summed E-state index contributed by atoms with van der Waals surface area (Å²) in [5, 5.41) is 14.6. The zero-order valence-electron chi connectivity index (χ0n) is 8.01. The maximum atomic E-state index is 8.85. The van der Waals surface area contributed by atoms with Crippen molar-refractivity contribution in [2.24, 2.45) is 0 Å². The summed E-state index contributed by atoms with van der Waals surface area (Å²) in [5.74, 6) is 0. The predicted octanol–water partition coefficient (Wildman–Crippen LogP) is 1.19. The van der Waals surface area contributed by atoms with E-state index in [1.54, 1.807) is 10.9 Å². The Labute approximate surface area is 95.5 Å². The van der Waals surface area contributed by atoms with Gasteiger partial charge in [0.05, 0.1) is 24.7 Å².